The van der Waals surface area contributed by atoms with Gasteiger partial charge >= 0.3 is 0 Å². The quantitative estimate of drug-likeness (QED) is 0.624. The molecule has 3 nitrogen and oxygen atoms in total. The van der Waals surface area contributed by atoms with Gasteiger partial charge in [0, 0.05) is 6.42 Å². The van der Waals surface area contributed by atoms with Crippen LogP contribution < -0.4 is 0 Å². The van der Waals surface area contributed by atoms with Gasteiger partial charge in [-0.2, -0.15) is 0 Å². The van der Waals surface area contributed by atoms with Crippen LogP contribution in [0.4, 0.5) is 0 Å². The average molecular weight is 230 g/mol. The van der Waals surface area contributed by atoms with Crippen LogP contribution in [0.5, 0.6) is 0 Å². The van der Waals surface area contributed by atoms with Crippen molar-refractivity contribution in [3.05, 3.63) is 28.0 Å². The van der Waals surface area contributed by atoms with Crippen molar-refractivity contribution < 1.29 is 9.90 Å². The molecule has 0 saturated heterocycles. The zero-order chi connectivity index (χ0) is 8.97. The normalized spacial score (nSPS) is 9.83. The number of nitrogens with zero attached hydrogens (tertiary/aromatic N) is 1. The number of aromatic nitrogens is 1. The summed E-state index contributed by atoms with van der Waals surface area (Å²) in [6.07, 6.45) is 1.02. The Balaban J connectivity index is 3.03. The Morgan fingerprint density at radius 2 is 2.33 bits per heavy atom. The van der Waals surface area contributed by atoms with E-state index in [0.29, 0.717) is 15.9 Å². The second-order valence-corrected chi connectivity index (χ2v) is 3.08. The standard InChI is InChI=1S/C8H8BrNO2/c9-8-2-1-6(5-12)7(10-8)3-4-11/h1-2,4,12H,3,5H2. The van der Waals surface area contributed by atoms with Crippen LogP contribution in [0.2, 0.25) is 0 Å². The highest BCUT2D eigenvalue weighted by Gasteiger charge is 2.02. The lowest BCUT2D eigenvalue weighted by molar-refractivity contribution is -0.107. The van der Waals surface area contributed by atoms with Crippen LogP contribution in [-0.4, -0.2) is 16.4 Å². The number of hydrogen-bond acceptors (Lipinski definition) is 3. The number of aldehydes is 1. The van der Waals surface area contributed by atoms with Crippen LogP contribution in [0.3, 0.4) is 0 Å². The van der Waals surface area contributed by atoms with Crippen LogP contribution >= 0.6 is 15.9 Å². The summed E-state index contributed by atoms with van der Waals surface area (Å²) in [5, 5.41) is 8.86. The minimum absolute atomic E-state index is 0.0799. The first-order valence-electron chi connectivity index (χ1n) is 3.46. The number of carbonyl (C=O) groups excluding carboxylic acids is 1. The lowest BCUT2D eigenvalue weighted by Gasteiger charge is -2.02. The maximum atomic E-state index is 10.2. The minimum atomic E-state index is -0.0799. The third kappa shape index (κ3) is 2.12. The highest BCUT2D eigenvalue weighted by molar-refractivity contribution is 9.10. The van der Waals surface area contributed by atoms with E-state index >= 15 is 0 Å². The Kier molecular flexibility index (Phi) is 3.37. The number of rotatable bonds is 3. The molecule has 0 spiro atoms. The third-order valence-corrected chi connectivity index (χ3v) is 1.92. The second-order valence-electron chi connectivity index (χ2n) is 2.27. The number of aliphatic hydroxyl groups excluding tert-OH is 1. The van der Waals surface area contributed by atoms with E-state index in [9.17, 15) is 4.79 Å². The molecule has 0 aliphatic carbocycles. The van der Waals surface area contributed by atoms with Crippen molar-refractivity contribution in [2.24, 2.45) is 0 Å². The van der Waals surface area contributed by atoms with E-state index in [1.807, 2.05) is 0 Å². The summed E-state index contributed by atoms with van der Waals surface area (Å²) in [7, 11) is 0. The molecule has 64 valence electrons. The molecule has 0 aliphatic rings. The summed E-state index contributed by atoms with van der Waals surface area (Å²) >= 11 is 3.19. The van der Waals surface area contributed by atoms with Crippen LogP contribution in [-0.2, 0) is 17.8 Å². The van der Waals surface area contributed by atoms with E-state index in [1.54, 1.807) is 12.1 Å². The lowest BCUT2D eigenvalue weighted by atomic mass is 10.2. The van der Waals surface area contributed by atoms with Gasteiger partial charge in [0.1, 0.15) is 10.9 Å². The van der Waals surface area contributed by atoms with Gasteiger partial charge in [0.15, 0.2) is 0 Å². The highest BCUT2D eigenvalue weighted by Crippen LogP contribution is 2.12. The van der Waals surface area contributed by atoms with Crippen molar-refractivity contribution in [2.45, 2.75) is 13.0 Å². The van der Waals surface area contributed by atoms with Gasteiger partial charge in [-0.05, 0) is 27.6 Å². The molecule has 0 radical (unpaired) electrons. The van der Waals surface area contributed by atoms with Crippen molar-refractivity contribution in [1.29, 1.82) is 0 Å². The smallest absolute Gasteiger partial charge is 0.125 e. The molecule has 0 saturated carbocycles. The molecule has 12 heavy (non-hydrogen) atoms. The first kappa shape index (κ1) is 9.35. The van der Waals surface area contributed by atoms with Gasteiger partial charge in [0.25, 0.3) is 0 Å². The number of aliphatic hydroxyl groups is 1. The van der Waals surface area contributed by atoms with E-state index in [2.05, 4.69) is 20.9 Å². The van der Waals surface area contributed by atoms with Gasteiger partial charge in [-0.15, -0.1) is 0 Å². The van der Waals surface area contributed by atoms with Crippen molar-refractivity contribution in [3.63, 3.8) is 0 Å². The molecule has 1 aromatic rings. The van der Waals surface area contributed by atoms with Crippen LogP contribution in [0.25, 0.3) is 0 Å². The molecule has 0 atom stereocenters. The molecule has 0 fully saturated rings. The van der Waals surface area contributed by atoms with Crippen molar-refractivity contribution in [2.75, 3.05) is 0 Å². The largest absolute Gasteiger partial charge is 0.392 e. The molecule has 4 heteroatoms. The van der Waals surface area contributed by atoms with Gasteiger partial charge in [-0.25, -0.2) is 4.98 Å². The first-order valence-corrected chi connectivity index (χ1v) is 4.26. The van der Waals surface area contributed by atoms with Crippen molar-refractivity contribution in [3.8, 4) is 0 Å². The van der Waals surface area contributed by atoms with E-state index < -0.39 is 0 Å². The molecular weight excluding hydrogens is 222 g/mol. The Morgan fingerprint density at radius 3 is 2.92 bits per heavy atom. The van der Waals surface area contributed by atoms with E-state index in [1.165, 1.54) is 0 Å². The maximum absolute atomic E-state index is 10.2. The number of carbonyl (C=O) groups is 1. The molecular formula is C8H8BrNO2. The predicted octanol–water partition coefficient (Wildman–Crippen LogP) is 1.08. The number of pyridine rings is 1. The Morgan fingerprint density at radius 1 is 1.58 bits per heavy atom. The van der Waals surface area contributed by atoms with Gasteiger partial charge in [0.05, 0.1) is 12.3 Å². The molecule has 0 aromatic carbocycles. The zero-order valence-corrected chi connectivity index (χ0v) is 7.91. The molecule has 1 N–H and O–H groups in total. The fourth-order valence-electron chi connectivity index (χ4n) is 0.903. The minimum Gasteiger partial charge on any atom is -0.392 e. The van der Waals surface area contributed by atoms with Gasteiger partial charge < -0.3 is 9.90 Å². The topological polar surface area (TPSA) is 50.2 Å². The van der Waals surface area contributed by atoms with E-state index in [-0.39, 0.29) is 13.0 Å². The molecule has 0 aliphatic heterocycles. The number of halogens is 1. The van der Waals surface area contributed by atoms with Crippen molar-refractivity contribution in [1.82, 2.24) is 4.98 Å². The summed E-state index contributed by atoms with van der Waals surface area (Å²) in [6.45, 7) is -0.0799. The summed E-state index contributed by atoms with van der Waals surface area (Å²) in [6, 6.07) is 3.48. The molecule has 1 heterocycles. The molecule has 0 bridgehead atoms. The predicted molar refractivity (Wildman–Crippen MR) is 47.6 cm³/mol. The van der Waals surface area contributed by atoms with Gasteiger partial charge in [-0.1, -0.05) is 6.07 Å². The SMILES string of the molecule is O=CCc1nc(Br)ccc1CO. The van der Waals surface area contributed by atoms with Crippen molar-refractivity contribution >= 4 is 22.2 Å². The summed E-state index contributed by atoms with van der Waals surface area (Å²) in [5.74, 6) is 0. The zero-order valence-electron chi connectivity index (χ0n) is 6.33. The van der Waals surface area contributed by atoms with E-state index in [4.69, 9.17) is 5.11 Å². The maximum Gasteiger partial charge on any atom is 0.125 e. The Labute approximate surface area is 78.6 Å². The number of hydrogen-bond donors (Lipinski definition) is 1. The summed E-state index contributed by atoms with van der Waals surface area (Å²) in [4.78, 5) is 14.3. The Hall–Kier alpha value is -0.740. The van der Waals surface area contributed by atoms with E-state index in [0.717, 1.165) is 6.29 Å². The fraction of sp³-hybridized carbons (Fsp3) is 0.250. The van der Waals surface area contributed by atoms with Gasteiger partial charge in [-0.3, -0.25) is 0 Å². The highest BCUT2D eigenvalue weighted by atomic mass is 79.9. The van der Waals surface area contributed by atoms with Crippen LogP contribution in [0.15, 0.2) is 16.7 Å². The molecule has 0 unspecified atom stereocenters. The summed E-state index contributed by atoms with van der Waals surface area (Å²) in [5.41, 5.74) is 1.33. The Bertz CT molecular complexity index is 288. The van der Waals surface area contributed by atoms with Crippen LogP contribution in [0.1, 0.15) is 11.3 Å². The third-order valence-electron chi connectivity index (χ3n) is 1.48. The van der Waals surface area contributed by atoms with Gasteiger partial charge in [0.2, 0.25) is 0 Å². The molecule has 0 amide bonds. The fourth-order valence-corrected chi connectivity index (χ4v) is 1.25. The second kappa shape index (κ2) is 4.33. The summed E-state index contributed by atoms with van der Waals surface area (Å²) < 4.78 is 0.677. The van der Waals surface area contributed by atoms with Crippen LogP contribution in [0, 0.1) is 0 Å². The average Bonchev–Trinajstić information content (AvgIpc) is 2.05. The molecule has 1 rings (SSSR count). The first-order chi connectivity index (χ1) is 5.77. The molecule has 1 aromatic heterocycles. The monoisotopic (exact) mass is 229 g/mol. The lowest BCUT2D eigenvalue weighted by Crippen LogP contribution is -1.98.